The Hall–Kier alpha value is -3.26. The number of benzene rings is 2. The fourth-order valence-corrected chi connectivity index (χ4v) is 4.20. The maximum absolute atomic E-state index is 12.8. The van der Waals surface area contributed by atoms with Gasteiger partial charge in [-0.3, -0.25) is 14.5 Å². The van der Waals surface area contributed by atoms with Gasteiger partial charge in [0.15, 0.2) is 6.61 Å². The molecule has 0 aliphatic carbocycles. The van der Waals surface area contributed by atoms with E-state index in [1.54, 1.807) is 37.3 Å². The van der Waals surface area contributed by atoms with Gasteiger partial charge in [-0.1, -0.05) is 38.1 Å². The first-order chi connectivity index (χ1) is 16.3. The van der Waals surface area contributed by atoms with Crippen molar-refractivity contribution in [3.8, 4) is 11.5 Å². The molecule has 2 aromatic carbocycles. The summed E-state index contributed by atoms with van der Waals surface area (Å²) in [6, 6.07) is 13.0. The third-order valence-electron chi connectivity index (χ3n) is 5.08. The molecule has 2 aromatic rings. The number of imide groups is 1. The normalized spacial score (nSPS) is 14.7. The minimum atomic E-state index is -0.438. The Labute approximate surface area is 204 Å². The Morgan fingerprint density at radius 3 is 2.50 bits per heavy atom. The molecule has 0 bridgehead atoms. The number of hydrogen-bond donors (Lipinski definition) is 0. The monoisotopic (exact) mass is 483 g/mol. The number of carbonyl (C=O) groups is 3. The Morgan fingerprint density at radius 1 is 1.09 bits per heavy atom. The van der Waals surface area contributed by atoms with Gasteiger partial charge in [0.05, 0.1) is 18.1 Å². The number of thioether (sulfide) groups is 1. The molecule has 180 valence electrons. The fraction of sp³-hybridized carbons (Fsp3) is 0.346. The van der Waals surface area contributed by atoms with E-state index < -0.39 is 5.97 Å². The molecular formula is C26H29NO6S. The summed E-state index contributed by atoms with van der Waals surface area (Å²) in [5, 5.41) is -0.317. The summed E-state index contributed by atoms with van der Waals surface area (Å²) >= 11 is 0.908. The summed E-state index contributed by atoms with van der Waals surface area (Å²) < 4.78 is 16.1. The van der Waals surface area contributed by atoms with Crippen molar-refractivity contribution in [3.05, 3.63) is 64.1 Å². The largest absolute Gasteiger partial charge is 0.491 e. The maximum Gasteiger partial charge on any atom is 0.344 e. The van der Waals surface area contributed by atoms with Gasteiger partial charge in [0.25, 0.3) is 11.1 Å². The third-order valence-corrected chi connectivity index (χ3v) is 5.98. The molecule has 34 heavy (non-hydrogen) atoms. The smallest absolute Gasteiger partial charge is 0.344 e. The summed E-state index contributed by atoms with van der Waals surface area (Å²) in [4.78, 5) is 38.1. The number of amides is 2. The molecular weight excluding hydrogens is 454 g/mol. The number of carbonyl (C=O) groups excluding carboxylic acids is 3. The van der Waals surface area contributed by atoms with Gasteiger partial charge in [-0.15, -0.1) is 0 Å². The molecule has 0 atom stereocenters. The number of hydrogen-bond acceptors (Lipinski definition) is 7. The first kappa shape index (κ1) is 25.4. The van der Waals surface area contributed by atoms with E-state index in [2.05, 4.69) is 13.8 Å². The van der Waals surface area contributed by atoms with E-state index in [0.29, 0.717) is 23.2 Å². The second-order valence-electron chi connectivity index (χ2n) is 8.04. The van der Waals surface area contributed by atoms with Crippen LogP contribution in [0.2, 0.25) is 0 Å². The van der Waals surface area contributed by atoms with Crippen molar-refractivity contribution in [2.75, 3.05) is 26.4 Å². The zero-order chi connectivity index (χ0) is 24.7. The van der Waals surface area contributed by atoms with Crippen LogP contribution in [0, 0.1) is 6.92 Å². The van der Waals surface area contributed by atoms with Crippen LogP contribution in [0.15, 0.2) is 47.4 Å². The molecule has 3 rings (SSSR count). The number of aryl methyl sites for hydroxylation is 1. The number of esters is 1. The Morgan fingerprint density at radius 2 is 1.82 bits per heavy atom. The lowest BCUT2D eigenvalue weighted by molar-refractivity contribution is -0.145. The molecule has 0 saturated carbocycles. The zero-order valence-electron chi connectivity index (χ0n) is 19.8. The van der Waals surface area contributed by atoms with Crippen molar-refractivity contribution in [3.63, 3.8) is 0 Å². The molecule has 1 fully saturated rings. The van der Waals surface area contributed by atoms with Crippen molar-refractivity contribution in [2.24, 2.45) is 0 Å². The van der Waals surface area contributed by atoms with E-state index in [4.69, 9.17) is 14.2 Å². The predicted octanol–water partition coefficient (Wildman–Crippen LogP) is 5.18. The lowest BCUT2D eigenvalue weighted by Gasteiger charge is -2.17. The highest BCUT2D eigenvalue weighted by Crippen LogP contribution is 2.33. The Bertz CT molecular complexity index is 1080. The van der Waals surface area contributed by atoms with Gasteiger partial charge in [0.1, 0.15) is 18.1 Å². The summed E-state index contributed by atoms with van der Waals surface area (Å²) in [5.74, 6) is 0.814. The van der Waals surface area contributed by atoms with Crippen LogP contribution in [0.1, 0.15) is 43.4 Å². The molecule has 1 heterocycles. The number of rotatable bonds is 10. The third kappa shape index (κ3) is 6.63. The van der Waals surface area contributed by atoms with Crippen molar-refractivity contribution >= 4 is 35.0 Å². The molecule has 0 unspecified atom stereocenters. The Kier molecular flexibility index (Phi) is 8.76. The van der Waals surface area contributed by atoms with Crippen LogP contribution in [-0.4, -0.2) is 48.4 Å². The fourth-order valence-electron chi connectivity index (χ4n) is 3.34. The van der Waals surface area contributed by atoms with E-state index >= 15 is 0 Å². The van der Waals surface area contributed by atoms with Crippen LogP contribution in [0.5, 0.6) is 11.5 Å². The van der Waals surface area contributed by atoms with E-state index in [1.165, 1.54) is 4.90 Å². The lowest BCUT2D eigenvalue weighted by atomic mass is 10.0. The first-order valence-corrected chi connectivity index (χ1v) is 12.0. The average Bonchev–Trinajstić information content (AvgIpc) is 3.06. The maximum atomic E-state index is 12.8. The quantitative estimate of drug-likeness (QED) is 0.340. The predicted molar refractivity (Wildman–Crippen MR) is 132 cm³/mol. The van der Waals surface area contributed by atoms with E-state index in [0.717, 1.165) is 34.2 Å². The minimum Gasteiger partial charge on any atom is -0.491 e. The molecule has 7 nitrogen and oxygen atoms in total. The van der Waals surface area contributed by atoms with Crippen molar-refractivity contribution < 1.29 is 28.6 Å². The summed E-state index contributed by atoms with van der Waals surface area (Å²) in [6.45, 7) is 8.44. The molecule has 1 aliphatic heterocycles. The first-order valence-electron chi connectivity index (χ1n) is 11.2. The van der Waals surface area contributed by atoms with Gasteiger partial charge in [0, 0.05) is 0 Å². The van der Waals surface area contributed by atoms with Crippen molar-refractivity contribution in [1.29, 1.82) is 0 Å². The lowest BCUT2D eigenvalue weighted by Crippen LogP contribution is -2.32. The van der Waals surface area contributed by atoms with Gasteiger partial charge < -0.3 is 14.2 Å². The highest BCUT2D eigenvalue weighted by atomic mass is 32.2. The summed E-state index contributed by atoms with van der Waals surface area (Å²) in [7, 11) is 0. The second-order valence-corrected chi connectivity index (χ2v) is 9.03. The van der Waals surface area contributed by atoms with Crippen LogP contribution in [0.25, 0.3) is 6.08 Å². The average molecular weight is 484 g/mol. The van der Waals surface area contributed by atoms with Gasteiger partial charge in [0.2, 0.25) is 0 Å². The molecule has 0 aromatic heterocycles. The van der Waals surface area contributed by atoms with Gasteiger partial charge in [-0.2, -0.15) is 0 Å². The molecule has 0 N–H and O–H groups in total. The molecule has 8 heteroatoms. The van der Waals surface area contributed by atoms with Crippen LogP contribution in [-0.2, 0) is 14.3 Å². The highest BCUT2D eigenvalue weighted by Gasteiger charge is 2.34. The molecule has 0 spiro atoms. The van der Waals surface area contributed by atoms with E-state index in [-0.39, 0.29) is 30.9 Å². The SMILES string of the molecule is CCOC(=O)COc1ccc(/C=C2\SC(=O)N(CCOc3cc(C)ccc3C(C)C)C2=O)cc1. The standard InChI is InChI=1S/C26H29NO6S/c1-5-31-24(28)16-33-20-9-7-19(8-10-20)15-23-25(29)27(26(30)34-23)12-13-32-22-14-18(4)6-11-21(22)17(2)3/h6-11,14-15,17H,5,12-13,16H2,1-4H3/b23-15-. The van der Waals surface area contributed by atoms with Gasteiger partial charge in [-0.25, -0.2) is 4.79 Å². The van der Waals surface area contributed by atoms with E-state index in [9.17, 15) is 14.4 Å². The molecule has 1 saturated heterocycles. The van der Waals surface area contributed by atoms with E-state index in [1.807, 2.05) is 25.1 Å². The van der Waals surface area contributed by atoms with Crippen molar-refractivity contribution in [2.45, 2.75) is 33.6 Å². The molecule has 2 amide bonds. The molecule has 0 radical (unpaired) electrons. The van der Waals surface area contributed by atoms with Gasteiger partial charge >= 0.3 is 5.97 Å². The minimum absolute atomic E-state index is 0.171. The van der Waals surface area contributed by atoms with Crippen LogP contribution < -0.4 is 9.47 Å². The number of ether oxygens (including phenoxy) is 3. The summed E-state index contributed by atoms with van der Waals surface area (Å²) in [6.07, 6.45) is 1.66. The zero-order valence-corrected chi connectivity index (χ0v) is 20.6. The Balaban J connectivity index is 1.58. The topological polar surface area (TPSA) is 82.1 Å². The molecule has 1 aliphatic rings. The summed E-state index contributed by atoms with van der Waals surface area (Å²) in [5.41, 5.74) is 2.92. The number of nitrogens with zero attached hydrogens (tertiary/aromatic N) is 1. The van der Waals surface area contributed by atoms with Crippen LogP contribution in [0.4, 0.5) is 4.79 Å². The van der Waals surface area contributed by atoms with Crippen molar-refractivity contribution in [1.82, 2.24) is 4.90 Å². The highest BCUT2D eigenvalue weighted by molar-refractivity contribution is 8.18. The van der Waals surface area contributed by atoms with Crippen LogP contribution >= 0.6 is 11.8 Å². The van der Waals surface area contributed by atoms with Gasteiger partial charge in [-0.05, 0) is 72.5 Å². The second kappa shape index (κ2) is 11.7. The van der Waals surface area contributed by atoms with Crippen LogP contribution in [0.3, 0.4) is 0 Å².